The van der Waals surface area contributed by atoms with Crippen molar-refractivity contribution in [2.75, 3.05) is 47.5 Å². The second kappa shape index (κ2) is 38.2. The van der Waals surface area contributed by atoms with E-state index in [0.717, 1.165) is 89.9 Å². The predicted molar refractivity (Wildman–Crippen MR) is 233 cm³/mol. The second-order valence-electron chi connectivity index (χ2n) is 15.7. The van der Waals surface area contributed by atoms with Gasteiger partial charge in [0.25, 0.3) is 0 Å². The number of hydrogen-bond donors (Lipinski definition) is 1. The Morgan fingerprint density at radius 1 is 0.571 bits per heavy atom. The van der Waals surface area contributed by atoms with E-state index in [-0.39, 0.29) is 32.0 Å². The molecule has 0 fully saturated rings. The number of unbranched alkanes of at least 4 members (excludes halogenated alkanes) is 15. The molecule has 1 N–H and O–H groups in total. The van der Waals surface area contributed by atoms with Gasteiger partial charge in [-0.2, -0.15) is 0 Å². The summed E-state index contributed by atoms with van der Waals surface area (Å²) in [4.78, 5) is 35.4. The van der Waals surface area contributed by atoms with Gasteiger partial charge in [-0.25, -0.2) is 4.57 Å². The number of hydrogen-bond acceptors (Lipinski definition) is 7. The fraction of sp³-hybridized carbons (Fsp3) is 0.739. The number of rotatable bonds is 39. The van der Waals surface area contributed by atoms with Gasteiger partial charge in [-0.05, 0) is 77.0 Å². The van der Waals surface area contributed by atoms with E-state index < -0.39 is 26.5 Å². The van der Waals surface area contributed by atoms with Crippen LogP contribution in [0.3, 0.4) is 0 Å². The average Bonchev–Trinajstić information content (AvgIpc) is 3.15. The van der Waals surface area contributed by atoms with Crippen LogP contribution in [0, 0.1) is 0 Å². The Morgan fingerprint density at radius 3 is 1.52 bits per heavy atom. The summed E-state index contributed by atoms with van der Waals surface area (Å²) >= 11 is 0. The van der Waals surface area contributed by atoms with Crippen LogP contribution < -0.4 is 0 Å². The lowest BCUT2D eigenvalue weighted by atomic mass is 10.1. The van der Waals surface area contributed by atoms with Crippen LogP contribution >= 0.6 is 7.82 Å². The van der Waals surface area contributed by atoms with Crippen LogP contribution in [0.4, 0.5) is 0 Å². The van der Waals surface area contributed by atoms with Gasteiger partial charge in [0.1, 0.15) is 19.8 Å². The lowest BCUT2D eigenvalue weighted by Crippen LogP contribution is -2.37. The van der Waals surface area contributed by atoms with Crippen molar-refractivity contribution < 1.29 is 42.1 Å². The molecule has 2 atom stereocenters. The first kappa shape index (κ1) is 53.7. The average molecular weight is 809 g/mol. The number of esters is 2. The van der Waals surface area contributed by atoms with Crippen molar-refractivity contribution in [2.24, 2.45) is 0 Å². The molecule has 0 aliphatic carbocycles. The highest BCUT2D eigenvalue weighted by Gasteiger charge is 2.27. The summed E-state index contributed by atoms with van der Waals surface area (Å²) in [5.74, 6) is -0.831. The third-order valence-electron chi connectivity index (χ3n) is 9.03. The zero-order valence-corrected chi connectivity index (χ0v) is 37.2. The molecule has 0 saturated carbocycles. The first-order chi connectivity index (χ1) is 27.0. The maximum atomic E-state index is 12.7. The Kier molecular flexibility index (Phi) is 36.7. The Hall–Kier alpha value is -2.29. The number of nitrogens with zero attached hydrogens (tertiary/aromatic N) is 1. The molecule has 0 aromatic carbocycles. The van der Waals surface area contributed by atoms with E-state index >= 15 is 0 Å². The van der Waals surface area contributed by atoms with E-state index in [9.17, 15) is 19.0 Å². The minimum atomic E-state index is -4.38. The number of phosphoric acid groups is 1. The highest BCUT2D eigenvalue weighted by molar-refractivity contribution is 7.47. The standard InChI is InChI=1S/C46H82NO8P/c1-6-8-10-12-14-16-18-20-22-23-25-26-28-30-32-34-36-38-45(48)52-42-44(43-54-56(50,51)53-41-40-47(3,4)5)55-46(49)39-37-35-33-31-29-27-24-21-19-17-15-13-11-9-7-2/h9,11,14-17,20-22,24,44H,6-8,10,12-13,18-19,23,25-43H2,1-5H3/p+1/b11-9-,16-14-,17-15-,22-20-,24-21-. The van der Waals surface area contributed by atoms with Crippen LogP contribution in [-0.2, 0) is 32.7 Å². The quantitative estimate of drug-likeness (QED) is 0.0215. The van der Waals surface area contributed by atoms with Gasteiger partial charge in [-0.1, -0.05) is 139 Å². The van der Waals surface area contributed by atoms with Gasteiger partial charge in [0.05, 0.1) is 27.7 Å². The lowest BCUT2D eigenvalue weighted by Gasteiger charge is -2.24. The Bertz CT molecular complexity index is 1140. The molecule has 0 saturated heterocycles. The molecule has 0 bridgehead atoms. The molecule has 9 nitrogen and oxygen atoms in total. The maximum Gasteiger partial charge on any atom is 0.472 e. The van der Waals surface area contributed by atoms with Crippen LogP contribution in [0.25, 0.3) is 0 Å². The van der Waals surface area contributed by atoms with Gasteiger partial charge in [-0.3, -0.25) is 18.6 Å². The van der Waals surface area contributed by atoms with Crippen LogP contribution in [0.1, 0.15) is 168 Å². The van der Waals surface area contributed by atoms with E-state index in [0.29, 0.717) is 17.4 Å². The van der Waals surface area contributed by atoms with Gasteiger partial charge in [0, 0.05) is 12.8 Å². The number of carbonyl (C=O) groups is 2. The second-order valence-corrected chi connectivity index (χ2v) is 17.1. The highest BCUT2D eigenvalue weighted by atomic mass is 31.2. The summed E-state index contributed by atoms with van der Waals surface area (Å²) in [6.07, 6.45) is 45.5. The van der Waals surface area contributed by atoms with E-state index in [1.165, 1.54) is 44.9 Å². The number of phosphoric ester groups is 1. The van der Waals surface area contributed by atoms with E-state index in [1.807, 2.05) is 21.1 Å². The van der Waals surface area contributed by atoms with Crippen LogP contribution in [0.15, 0.2) is 60.8 Å². The SMILES string of the molecule is CC/C=C\C/C=C\C/C=C\CCCCCCCC(=O)OC(COC(=O)CCCCCCCCC/C=C\C/C=C\CCCCC)COP(=O)(O)OCC[N+](C)(C)C. The first-order valence-corrected chi connectivity index (χ1v) is 23.5. The summed E-state index contributed by atoms with van der Waals surface area (Å²) in [5.41, 5.74) is 0. The van der Waals surface area contributed by atoms with Gasteiger partial charge >= 0.3 is 19.8 Å². The van der Waals surface area contributed by atoms with Crippen LogP contribution in [0.5, 0.6) is 0 Å². The van der Waals surface area contributed by atoms with Gasteiger partial charge < -0.3 is 18.9 Å². The van der Waals surface area contributed by atoms with Crippen molar-refractivity contribution in [3.63, 3.8) is 0 Å². The molecular weight excluding hydrogens is 725 g/mol. The topological polar surface area (TPSA) is 108 Å². The fourth-order valence-electron chi connectivity index (χ4n) is 5.59. The molecule has 10 heteroatoms. The molecule has 56 heavy (non-hydrogen) atoms. The number of carbonyl (C=O) groups excluding carboxylic acids is 2. The van der Waals surface area contributed by atoms with Gasteiger partial charge in [0.2, 0.25) is 0 Å². The number of ether oxygens (including phenoxy) is 2. The molecular formula is C46H83NO8P+. The Morgan fingerprint density at radius 2 is 1.02 bits per heavy atom. The summed E-state index contributed by atoms with van der Waals surface area (Å²) in [6, 6.07) is 0. The fourth-order valence-corrected chi connectivity index (χ4v) is 6.33. The van der Waals surface area contributed by atoms with Gasteiger partial charge in [0.15, 0.2) is 6.10 Å². The third kappa shape index (κ3) is 41.3. The predicted octanol–water partition coefficient (Wildman–Crippen LogP) is 12.5. The van der Waals surface area contributed by atoms with Crippen molar-refractivity contribution in [2.45, 2.75) is 174 Å². The lowest BCUT2D eigenvalue weighted by molar-refractivity contribution is -0.870. The smallest absolute Gasteiger partial charge is 0.462 e. The summed E-state index contributed by atoms with van der Waals surface area (Å²) in [6.45, 7) is 4.24. The minimum Gasteiger partial charge on any atom is -0.462 e. The summed E-state index contributed by atoms with van der Waals surface area (Å²) in [5, 5.41) is 0. The van der Waals surface area contributed by atoms with E-state index in [2.05, 4.69) is 74.6 Å². The molecule has 0 aromatic heterocycles. The molecule has 0 heterocycles. The van der Waals surface area contributed by atoms with Crippen molar-refractivity contribution in [1.82, 2.24) is 0 Å². The van der Waals surface area contributed by atoms with Crippen LogP contribution in [0.2, 0.25) is 0 Å². The van der Waals surface area contributed by atoms with Crippen LogP contribution in [-0.4, -0.2) is 74.9 Å². The van der Waals surface area contributed by atoms with E-state index in [4.69, 9.17) is 18.5 Å². The minimum absolute atomic E-state index is 0.0241. The molecule has 0 aliphatic heterocycles. The molecule has 0 aromatic rings. The Labute approximate surface area is 343 Å². The zero-order chi connectivity index (χ0) is 41.4. The summed E-state index contributed by atoms with van der Waals surface area (Å²) in [7, 11) is 1.45. The van der Waals surface area contributed by atoms with Crippen molar-refractivity contribution >= 4 is 19.8 Å². The highest BCUT2D eigenvalue weighted by Crippen LogP contribution is 2.43. The number of allylic oxidation sites excluding steroid dienone is 10. The molecule has 324 valence electrons. The van der Waals surface area contributed by atoms with Crippen molar-refractivity contribution in [1.29, 1.82) is 0 Å². The number of quaternary nitrogens is 1. The largest absolute Gasteiger partial charge is 0.472 e. The van der Waals surface area contributed by atoms with Crippen molar-refractivity contribution in [3.8, 4) is 0 Å². The molecule has 0 rings (SSSR count). The molecule has 0 spiro atoms. The monoisotopic (exact) mass is 809 g/mol. The molecule has 0 radical (unpaired) electrons. The van der Waals surface area contributed by atoms with E-state index in [1.54, 1.807) is 0 Å². The third-order valence-corrected chi connectivity index (χ3v) is 10.0. The maximum absolute atomic E-state index is 12.7. The van der Waals surface area contributed by atoms with Crippen molar-refractivity contribution in [3.05, 3.63) is 60.8 Å². The molecule has 0 aliphatic rings. The molecule has 0 amide bonds. The Balaban J connectivity index is 4.40. The normalized spacial score (nSPS) is 14.2. The number of likely N-dealkylation sites (N-methyl/N-ethyl adjacent to an activating group) is 1. The first-order valence-electron chi connectivity index (χ1n) is 22.0. The molecule has 2 unspecified atom stereocenters. The summed E-state index contributed by atoms with van der Waals surface area (Å²) < 4.78 is 34.3. The zero-order valence-electron chi connectivity index (χ0n) is 36.3. The van der Waals surface area contributed by atoms with Gasteiger partial charge in [-0.15, -0.1) is 0 Å².